The number of rotatable bonds is 4. The number of pyridine rings is 1. The quantitative estimate of drug-likeness (QED) is 0.944. The highest BCUT2D eigenvalue weighted by molar-refractivity contribution is 6.01. The fourth-order valence-corrected chi connectivity index (χ4v) is 2.75. The number of carbonyl (C=O) groups is 1. The van der Waals surface area contributed by atoms with E-state index in [-0.39, 0.29) is 5.91 Å². The van der Waals surface area contributed by atoms with E-state index in [4.69, 9.17) is 0 Å². The third kappa shape index (κ3) is 2.74. The van der Waals surface area contributed by atoms with Crippen molar-refractivity contribution in [3.63, 3.8) is 0 Å². The summed E-state index contributed by atoms with van der Waals surface area (Å²) in [6.07, 6.45) is 2.27. The van der Waals surface area contributed by atoms with E-state index < -0.39 is 6.10 Å². The Balaban J connectivity index is 1.97. The Labute approximate surface area is 130 Å². The first kappa shape index (κ1) is 14.7. The number of anilines is 1. The molecule has 3 rings (SSSR count). The summed E-state index contributed by atoms with van der Waals surface area (Å²) in [5.41, 5.74) is 4.90. The van der Waals surface area contributed by atoms with Gasteiger partial charge in [0.15, 0.2) is 0 Å². The first-order valence-electron chi connectivity index (χ1n) is 7.63. The normalized spacial score (nSPS) is 15.0. The Hall–Kier alpha value is -2.20. The van der Waals surface area contributed by atoms with E-state index in [9.17, 15) is 9.90 Å². The van der Waals surface area contributed by atoms with E-state index in [2.05, 4.69) is 24.0 Å². The third-order valence-corrected chi connectivity index (χ3v) is 4.07. The lowest BCUT2D eigenvalue weighted by Crippen LogP contribution is -2.34. The fourth-order valence-electron chi connectivity index (χ4n) is 2.75. The maximum atomic E-state index is 12.2. The number of carbonyl (C=O) groups excluding carboxylic acids is 1. The molecule has 0 aliphatic carbocycles. The first-order valence-corrected chi connectivity index (χ1v) is 7.63. The average Bonchev–Trinajstić information content (AvgIpc) is 2.82. The van der Waals surface area contributed by atoms with Crippen molar-refractivity contribution in [3.05, 3.63) is 47.8 Å². The van der Waals surface area contributed by atoms with Crippen molar-refractivity contribution >= 4 is 11.6 Å². The summed E-state index contributed by atoms with van der Waals surface area (Å²) < 4.78 is 0. The van der Waals surface area contributed by atoms with Crippen LogP contribution in [0.4, 0.5) is 5.69 Å². The monoisotopic (exact) mass is 296 g/mol. The molecule has 4 heteroatoms. The van der Waals surface area contributed by atoms with Crippen LogP contribution in [-0.4, -0.2) is 28.6 Å². The molecule has 1 N–H and O–H groups in total. The summed E-state index contributed by atoms with van der Waals surface area (Å²) in [6.45, 7) is 4.30. The zero-order chi connectivity index (χ0) is 15.7. The van der Waals surface area contributed by atoms with Gasteiger partial charge in [-0.3, -0.25) is 9.78 Å². The van der Waals surface area contributed by atoms with E-state index in [1.54, 1.807) is 4.90 Å². The molecule has 1 unspecified atom stereocenters. The van der Waals surface area contributed by atoms with Crippen LogP contribution in [-0.2, 0) is 11.2 Å². The topological polar surface area (TPSA) is 53.4 Å². The average molecular weight is 296 g/mol. The number of aliphatic hydroxyl groups excluding tert-OH is 1. The minimum atomic E-state index is -0.502. The molecule has 0 spiro atoms. The number of hydrogen-bond donors (Lipinski definition) is 1. The summed E-state index contributed by atoms with van der Waals surface area (Å²) in [5, 5.41) is 9.87. The van der Waals surface area contributed by atoms with Crippen LogP contribution in [0.2, 0.25) is 0 Å². The molecule has 2 heterocycles. The van der Waals surface area contributed by atoms with Crippen molar-refractivity contribution in [1.82, 2.24) is 4.98 Å². The molecule has 0 saturated carbocycles. The lowest BCUT2D eigenvalue weighted by molar-refractivity contribution is -0.117. The largest absolute Gasteiger partial charge is 0.391 e. The minimum absolute atomic E-state index is 0.0105. The van der Waals surface area contributed by atoms with Crippen LogP contribution < -0.4 is 4.90 Å². The van der Waals surface area contributed by atoms with Gasteiger partial charge in [0.1, 0.15) is 0 Å². The van der Waals surface area contributed by atoms with Gasteiger partial charge in [-0.15, -0.1) is 0 Å². The highest BCUT2D eigenvalue weighted by Gasteiger charge is 2.29. The molecule has 4 nitrogen and oxygen atoms in total. The van der Waals surface area contributed by atoms with Gasteiger partial charge in [0.25, 0.3) is 0 Å². The summed E-state index contributed by atoms with van der Waals surface area (Å²) in [6, 6.07) is 10.2. The molecule has 0 saturated heterocycles. The van der Waals surface area contributed by atoms with Crippen LogP contribution in [0.25, 0.3) is 11.1 Å². The Morgan fingerprint density at radius 2 is 2.14 bits per heavy atom. The number of aliphatic hydroxyl groups is 1. The Morgan fingerprint density at radius 1 is 1.32 bits per heavy atom. The van der Waals surface area contributed by atoms with Gasteiger partial charge in [-0.25, -0.2) is 0 Å². The van der Waals surface area contributed by atoms with Crippen LogP contribution >= 0.6 is 0 Å². The number of benzene rings is 1. The van der Waals surface area contributed by atoms with Crippen molar-refractivity contribution in [2.45, 2.75) is 32.8 Å². The highest BCUT2D eigenvalue weighted by Crippen LogP contribution is 2.32. The van der Waals surface area contributed by atoms with E-state index in [0.29, 0.717) is 19.4 Å². The molecule has 1 aromatic carbocycles. The number of β-amino-alcohol motifs (C(OH)–C–C–N with tert-alkyl or cyclic N) is 1. The van der Waals surface area contributed by atoms with E-state index >= 15 is 0 Å². The molecule has 2 aromatic rings. The molecule has 1 aromatic heterocycles. The van der Waals surface area contributed by atoms with Gasteiger partial charge >= 0.3 is 0 Å². The molecular weight excluding hydrogens is 276 g/mol. The van der Waals surface area contributed by atoms with Gasteiger partial charge in [-0.1, -0.05) is 36.8 Å². The van der Waals surface area contributed by atoms with E-state index in [1.165, 1.54) is 5.56 Å². The van der Waals surface area contributed by atoms with E-state index in [1.807, 2.05) is 31.3 Å². The lowest BCUT2D eigenvalue weighted by atomic mass is 10.0. The predicted octanol–water partition coefficient (Wildman–Crippen LogP) is 2.72. The maximum Gasteiger partial charge on any atom is 0.233 e. The Kier molecular flexibility index (Phi) is 3.94. The van der Waals surface area contributed by atoms with Gasteiger partial charge in [0.05, 0.1) is 30.5 Å². The lowest BCUT2D eigenvalue weighted by Gasteiger charge is -2.20. The molecule has 1 amide bonds. The summed E-state index contributed by atoms with van der Waals surface area (Å²) in [5.74, 6) is 0.0105. The van der Waals surface area contributed by atoms with Gasteiger partial charge in [-0.2, -0.15) is 0 Å². The van der Waals surface area contributed by atoms with Crippen LogP contribution in [0.5, 0.6) is 0 Å². The molecule has 1 atom stereocenters. The van der Waals surface area contributed by atoms with Gasteiger partial charge < -0.3 is 10.0 Å². The maximum absolute atomic E-state index is 12.2. The Bertz CT molecular complexity index is 712. The third-order valence-electron chi connectivity index (χ3n) is 4.07. The van der Waals surface area contributed by atoms with Crippen molar-refractivity contribution in [3.8, 4) is 11.1 Å². The SMILES string of the molecule is CCC(O)CN1C(=O)Cc2ncc(-c3cccc(C)c3)cc21. The first-order chi connectivity index (χ1) is 10.6. The molecule has 1 aliphatic heterocycles. The molecule has 1 aliphatic rings. The molecule has 22 heavy (non-hydrogen) atoms. The summed E-state index contributed by atoms with van der Waals surface area (Å²) in [7, 11) is 0. The highest BCUT2D eigenvalue weighted by atomic mass is 16.3. The second-order valence-electron chi connectivity index (χ2n) is 5.80. The van der Waals surface area contributed by atoms with Gasteiger partial charge in [-0.05, 0) is 25.0 Å². The zero-order valence-electron chi connectivity index (χ0n) is 12.9. The van der Waals surface area contributed by atoms with Crippen LogP contribution in [0.3, 0.4) is 0 Å². The van der Waals surface area contributed by atoms with Gasteiger partial charge in [0.2, 0.25) is 5.91 Å². The van der Waals surface area contributed by atoms with Crippen LogP contribution in [0, 0.1) is 6.92 Å². The zero-order valence-corrected chi connectivity index (χ0v) is 12.9. The number of aryl methyl sites for hydroxylation is 1. The smallest absolute Gasteiger partial charge is 0.233 e. The standard InChI is InChI=1S/C18H20N2O2/c1-3-15(21)11-20-17-8-14(10-19-16(17)9-18(20)22)13-6-4-5-12(2)7-13/h4-8,10,15,21H,3,9,11H2,1-2H3. The van der Waals surface area contributed by atoms with Crippen molar-refractivity contribution in [2.24, 2.45) is 0 Å². The summed E-state index contributed by atoms with van der Waals surface area (Å²) in [4.78, 5) is 18.3. The molecule has 0 fully saturated rings. The van der Waals surface area contributed by atoms with Gasteiger partial charge in [0, 0.05) is 11.8 Å². The van der Waals surface area contributed by atoms with Crippen molar-refractivity contribution < 1.29 is 9.90 Å². The second kappa shape index (κ2) is 5.89. The number of fused-ring (bicyclic) bond motifs is 1. The van der Waals surface area contributed by atoms with Crippen molar-refractivity contribution in [2.75, 3.05) is 11.4 Å². The summed E-state index contributed by atoms with van der Waals surface area (Å²) >= 11 is 0. The number of hydrogen-bond acceptors (Lipinski definition) is 3. The predicted molar refractivity (Wildman–Crippen MR) is 86.8 cm³/mol. The molecule has 0 bridgehead atoms. The van der Waals surface area contributed by atoms with Crippen LogP contribution in [0.15, 0.2) is 36.5 Å². The van der Waals surface area contributed by atoms with Crippen LogP contribution in [0.1, 0.15) is 24.6 Å². The minimum Gasteiger partial charge on any atom is -0.391 e. The fraction of sp³-hybridized carbons (Fsp3) is 0.333. The van der Waals surface area contributed by atoms with Crippen molar-refractivity contribution in [1.29, 1.82) is 0 Å². The molecular formula is C18H20N2O2. The number of amides is 1. The molecule has 114 valence electrons. The molecule has 0 radical (unpaired) electrons. The number of nitrogens with zero attached hydrogens (tertiary/aromatic N) is 2. The second-order valence-corrected chi connectivity index (χ2v) is 5.80. The number of aromatic nitrogens is 1. The Morgan fingerprint density at radius 3 is 2.86 bits per heavy atom. The van der Waals surface area contributed by atoms with E-state index in [0.717, 1.165) is 22.5 Å².